The third kappa shape index (κ3) is 4.66. The molecule has 1 aromatic carbocycles. The van der Waals surface area contributed by atoms with Gasteiger partial charge >= 0.3 is 0 Å². The molecular weight excluding hydrogens is 459 g/mol. The molecule has 0 unspecified atom stereocenters. The molecule has 152 valence electrons. The second kappa shape index (κ2) is 8.51. The average Bonchev–Trinajstić information content (AvgIpc) is 3.29. The minimum Gasteiger partial charge on any atom is -0.364 e. The fraction of sp³-hybridized carbons (Fsp3) is 0.400. The van der Waals surface area contributed by atoms with Crippen LogP contribution in [0.3, 0.4) is 0 Å². The number of sulfonamides is 1. The van der Waals surface area contributed by atoms with Crippen molar-refractivity contribution in [3.05, 3.63) is 34.2 Å². The summed E-state index contributed by atoms with van der Waals surface area (Å²) in [6.45, 7) is 0.758. The molecule has 0 bridgehead atoms. The number of hydrogen-bond acceptors (Lipinski definition) is 8. The number of aromatic nitrogens is 2. The number of nitrogens with zero attached hydrogens (tertiary/aromatic N) is 4. The third-order valence-corrected chi connectivity index (χ3v) is 6.16. The van der Waals surface area contributed by atoms with E-state index in [9.17, 15) is 18.0 Å². The van der Waals surface area contributed by atoms with Crippen LogP contribution < -0.4 is 10.8 Å². The van der Waals surface area contributed by atoms with Crippen molar-refractivity contribution in [2.75, 3.05) is 24.7 Å². The van der Waals surface area contributed by atoms with Gasteiger partial charge in [-0.15, -0.1) is 0 Å². The van der Waals surface area contributed by atoms with Gasteiger partial charge in [0.1, 0.15) is 5.82 Å². The second-order valence-corrected chi connectivity index (χ2v) is 8.97. The Balaban J connectivity index is 1.78. The highest BCUT2D eigenvalue weighted by Gasteiger charge is 2.31. The Hall–Kier alpha value is -2.09. The number of anilines is 1. The summed E-state index contributed by atoms with van der Waals surface area (Å²) in [4.78, 5) is 4.17. The summed E-state index contributed by atoms with van der Waals surface area (Å²) < 4.78 is 43.4. The highest BCUT2D eigenvalue weighted by molar-refractivity contribution is 9.10. The number of benzene rings is 1. The van der Waals surface area contributed by atoms with Gasteiger partial charge in [0.05, 0.1) is 16.4 Å². The molecule has 3 rings (SSSR count). The Morgan fingerprint density at radius 3 is 2.96 bits per heavy atom. The molecule has 1 saturated heterocycles. The number of aliphatic imine (C=N–C) groups is 1. The summed E-state index contributed by atoms with van der Waals surface area (Å²) >= 11 is 3.07. The van der Waals surface area contributed by atoms with Gasteiger partial charge < -0.3 is 5.32 Å². The number of nitrogens with one attached hydrogen (secondary N) is 2. The van der Waals surface area contributed by atoms with Crippen LogP contribution in [0.4, 0.5) is 15.9 Å². The van der Waals surface area contributed by atoms with E-state index in [4.69, 9.17) is 4.63 Å². The standard InChI is InChI=1S/C15H18BrFN6O4S/c1-28(25,26)23-6-2-3-10(23)8-18-14-13(21-27-22-14)15(20-24)19-9-4-5-12(17)11(16)7-9/h4-5,7,10,24H,2-3,6,8H2,1H3,(H,18,22)(H,19,20)/t10-/m1/s1. The number of halogens is 2. The maximum absolute atomic E-state index is 13.4. The fourth-order valence-corrected chi connectivity index (χ4v) is 4.49. The molecule has 3 N–H and O–H groups in total. The van der Waals surface area contributed by atoms with Gasteiger partial charge in [-0.1, -0.05) is 0 Å². The quantitative estimate of drug-likeness (QED) is 0.326. The van der Waals surface area contributed by atoms with E-state index in [-0.39, 0.29) is 34.4 Å². The molecule has 2 aromatic rings. The van der Waals surface area contributed by atoms with E-state index < -0.39 is 15.8 Å². The predicted octanol–water partition coefficient (Wildman–Crippen LogP) is 1.86. The minimum atomic E-state index is -3.30. The molecule has 10 nitrogen and oxygen atoms in total. The number of amidine groups is 1. The number of rotatable bonds is 6. The summed E-state index contributed by atoms with van der Waals surface area (Å²) in [5.41, 5.74) is 2.36. The van der Waals surface area contributed by atoms with Gasteiger partial charge in [0.2, 0.25) is 15.8 Å². The molecule has 13 heteroatoms. The van der Waals surface area contributed by atoms with E-state index in [0.29, 0.717) is 18.7 Å². The Labute approximate surface area is 168 Å². The van der Waals surface area contributed by atoms with Crippen LogP contribution in [0.1, 0.15) is 18.5 Å². The second-order valence-electron chi connectivity index (χ2n) is 6.18. The first kappa shape index (κ1) is 20.6. The topological polar surface area (TPSA) is 133 Å². The largest absolute Gasteiger partial charge is 0.364 e. The molecule has 0 spiro atoms. The van der Waals surface area contributed by atoms with Crippen molar-refractivity contribution in [1.29, 1.82) is 0 Å². The van der Waals surface area contributed by atoms with Crippen molar-refractivity contribution in [2.24, 2.45) is 4.99 Å². The highest BCUT2D eigenvalue weighted by Crippen LogP contribution is 2.24. The van der Waals surface area contributed by atoms with Gasteiger partial charge in [0.15, 0.2) is 11.5 Å². The summed E-state index contributed by atoms with van der Waals surface area (Å²) in [6, 6.07) is 3.84. The van der Waals surface area contributed by atoms with Gasteiger partial charge in [0, 0.05) is 19.1 Å². The Morgan fingerprint density at radius 2 is 2.29 bits per heavy atom. The zero-order valence-electron chi connectivity index (χ0n) is 14.8. The maximum Gasteiger partial charge on any atom is 0.211 e. The van der Waals surface area contributed by atoms with Gasteiger partial charge in [0.25, 0.3) is 0 Å². The van der Waals surface area contributed by atoms with E-state index in [1.165, 1.54) is 28.8 Å². The van der Waals surface area contributed by atoms with Crippen LogP contribution in [0.25, 0.3) is 0 Å². The average molecular weight is 477 g/mol. The predicted molar refractivity (Wildman–Crippen MR) is 103 cm³/mol. The van der Waals surface area contributed by atoms with Crippen LogP contribution in [0.5, 0.6) is 0 Å². The van der Waals surface area contributed by atoms with Crippen molar-refractivity contribution < 1.29 is 22.6 Å². The SMILES string of the molecule is CS(=O)(=O)N1CCC[C@@H]1CNc1nonc1C(=Nc1ccc(F)c(Br)c1)NO. The van der Waals surface area contributed by atoms with Crippen LogP contribution in [-0.2, 0) is 10.0 Å². The number of hydroxylamine groups is 1. The molecule has 1 fully saturated rings. The smallest absolute Gasteiger partial charge is 0.211 e. The van der Waals surface area contributed by atoms with E-state index in [2.05, 4.69) is 36.6 Å². The van der Waals surface area contributed by atoms with Crippen LogP contribution in [0, 0.1) is 5.82 Å². The summed E-state index contributed by atoms with van der Waals surface area (Å²) in [7, 11) is -3.30. The zero-order chi connectivity index (χ0) is 20.3. The lowest BCUT2D eigenvalue weighted by Gasteiger charge is -2.22. The van der Waals surface area contributed by atoms with Crippen LogP contribution in [0.15, 0.2) is 32.3 Å². The minimum absolute atomic E-state index is 0.0753. The summed E-state index contributed by atoms with van der Waals surface area (Å²) in [5.74, 6) is -0.342. The van der Waals surface area contributed by atoms with Crippen molar-refractivity contribution >= 4 is 43.3 Å². The lowest BCUT2D eigenvalue weighted by atomic mass is 10.2. The molecule has 1 aliphatic heterocycles. The van der Waals surface area contributed by atoms with Gasteiger partial charge in [-0.2, -0.15) is 4.31 Å². The molecule has 0 amide bonds. The lowest BCUT2D eigenvalue weighted by molar-refractivity contribution is 0.234. The molecule has 28 heavy (non-hydrogen) atoms. The van der Waals surface area contributed by atoms with E-state index in [1.807, 2.05) is 5.48 Å². The first-order valence-corrected chi connectivity index (χ1v) is 10.9. The summed E-state index contributed by atoms with van der Waals surface area (Å²) in [6.07, 6.45) is 2.66. The van der Waals surface area contributed by atoms with Crippen molar-refractivity contribution in [3.8, 4) is 0 Å². The Bertz CT molecular complexity index is 983. The fourth-order valence-electron chi connectivity index (χ4n) is 2.94. The number of hydrogen-bond donors (Lipinski definition) is 3. The first-order valence-electron chi connectivity index (χ1n) is 8.27. The van der Waals surface area contributed by atoms with Crippen LogP contribution in [-0.4, -0.2) is 59.5 Å². The Kier molecular flexibility index (Phi) is 6.27. The molecule has 0 aliphatic carbocycles. The van der Waals surface area contributed by atoms with Gasteiger partial charge in [-0.3, -0.25) is 10.7 Å². The van der Waals surface area contributed by atoms with Crippen molar-refractivity contribution in [1.82, 2.24) is 20.1 Å². The van der Waals surface area contributed by atoms with Crippen LogP contribution in [0.2, 0.25) is 0 Å². The molecule has 1 aromatic heterocycles. The van der Waals surface area contributed by atoms with Gasteiger partial charge in [-0.25, -0.2) is 22.4 Å². The van der Waals surface area contributed by atoms with E-state index in [1.54, 1.807) is 0 Å². The maximum atomic E-state index is 13.4. The van der Waals surface area contributed by atoms with Gasteiger partial charge in [-0.05, 0) is 57.3 Å². The molecular formula is C15H18BrFN6O4S. The van der Waals surface area contributed by atoms with Crippen molar-refractivity contribution in [2.45, 2.75) is 18.9 Å². The molecule has 1 aliphatic rings. The van der Waals surface area contributed by atoms with Crippen LogP contribution >= 0.6 is 15.9 Å². The Morgan fingerprint density at radius 1 is 1.50 bits per heavy atom. The molecule has 2 heterocycles. The lowest BCUT2D eigenvalue weighted by Crippen LogP contribution is -2.39. The molecule has 0 radical (unpaired) electrons. The monoisotopic (exact) mass is 476 g/mol. The highest BCUT2D eigenvalue weighted by atomic mass is 79.9. The third-order valence-electron chi connectivity index (χ3n) is 4.22. The summed E-state index contributed by atoms with van der Waals surface area (Å²) in [5, 5.41) is 19.9. The van der Waals surface area contributed by atoms with E-state index in [0.717, 1.165) is 6.42 Å². The normalized spacial score (nSPS) is 18.4. The van der Waals surface area contributed by atoms with E-state index >= 15 is 0 Å². The zero-order valence-corrected chi connectivity index (χ0v) is 17.2. The first-order chi connectivity index (χ1) is 13.3. The molecule has 1 atom stereocenters. The molecule has 0 saturated carbocycles. The van der Waals surface area contributed by atoms with Crippen molar-refractivity contribution in [3.63, 3.8) is 0 Å².